The van der Waals surface area contributed by atoms with E-state index in [9.17, 15) is 10.2 Å². The molecule has 0 bridgehead atoms. The Bertz CT molecular complexity index is 418. The molecule has 2 saturated carbocycles. The number of aliphatic hydroxyl groups is 2. The van der Waals surface area contributed by atoms with Gasteiger partial charge < -0.3 is 15.1 Å². The summed E-state index contributed by atoms with van der Waals surface area (Å²) in [5.41, 5.74) is 0.0218. The zero-order valence-corrected chi connectivity index (χ0v) is 13.4. The van der Waals surface area contributed by atoms with Crippen LogP contribution in [0.1, 0.15) is 32.1 Å². The summed E-state index contributed by atoms with van der Waals surface area (Å²) in [4.78, 5) is 4.77. The number of hydrogen-bond acceptors (Lipinski definition) is 4. The van der Waals surface area contributed by atoms with Gasteiger partial charge in [-0.3, -0.25) is 4.90 Å². The van der Waals surface area contributed by atoms with Gasteiger partial charge in [0.1, 0.15) is 0 Å². The molecule has 2 N–H and O–H groups in total. The van der Waals surface area contributed by atoms with Gasteiger partial charge in [-0.2, -0.15) is 0 Å². The molecular weight excluding hydrogens is 264 g/mol. The molecule has 2 saturated heterocycles. The van der Waals surface area contributed by atoms with Gasteiger partial charge in [-0.05, 0) is 83.0 Å². The summed E-state index contributed by atoms with van der Waals surface area (Å²) in [5.74, 6) is 2.42. The van der Waals surface area contributed by atoms with Crippen LogP contribution >= 0.6 is 0 Å². The molecule has 21 heavy (non-hydrogen) atoms. The molecule has 0 aromatic heterocycles. The fourth-order valence-electron chi connectivity index (χ4n) is 6.42. The van der Waals surface area contributed by atoms with Gasteiger partial charge in [0.15, 0.2) is 0 Å². The first-order valence-electron chi connectivity index (χ1n) is 8.77. The highest BCUT2D eigenvalue weighted by molar-refractivity contribution is 5.11. The van der Waals surface area contributed by atoms with Crippen molar-refractivity contribution in [3.8, 4) is 0 Å². The van der Waals surface area contributed by atoms with Crippen LogP contribution in [0.2, 0.25) is 0 Å². The number of hydrogen-bond donors (Lipinski definition) is 2. The van der Waals surface area contributed by atoms with Crippen LogP contribution in [0.5, 0.6) is 0 Å². The molecule has 120 valence electrons. The van der Waals surface area contributed by atoms with Gasteiger partial charge >= 0.3 is 0 Å². The molecule has 0 amide bonds. The zero-order valence-electron chi connectivity index (χ0n) is 13.4. The number of aliphatic hydroxyl groups excluding tert-OH is 2. The lowest BCUT2D eigenvalue weighted by atomic mass is 9.84. The van der Waals surface area contributed by atoms with Gasteiger partial charge in [0.2, 0.25) is 0 Å². The third-order valence-corrected chi connectivity index (χ3v) is 7.62. The van der Waals surface area contributed by atoms with Gasteiger partial charge in [0, 0.05) is 11.6 Å². The molecule has 0 aromatic carbocycles. The second kappa shape index (κ2) is 4.92. The number of likely N-dealkylation sites (N-methyl/N-ethyl adjacent to an activating group) is 2. The van der Waals surface area contributed by atoms with Gasteiger partial charge in [0.25, 0.3) is 0 Å². The second-order valence-electron chi connectivity index (χ2n) is 8.28. The Labute approximate surface area is 128 Å². The Balaban J connectivity index is 1.52. The first-order chi connectivity index (χ1) is 10.1. The van der Waals surface area contributed by atoms with Crippen LogP contribution in [-0.4, -0.2) is 71.5 Å². The first kappa shape index (κ1) is 14.4. The molecule has 4 aliphatic rings. The van der Waals surface area contributed by atoms with E-state index in [1.807, 2.05) is 0 Å². The van der Waals surface area contributed by atoms with E-state index in [4.69, 9.17) is 0 Å². The summed E-state index contributed by atoms with van der Waals surface area (Å²) >= 11 is 0. The molecule has 0 aromatic rings. The Morgan fingerprint density at radius 1 is 1.10 bits per heavy atom. The van der Waals surface area contributed by atoms with E-state index in [2.05, 4.69) is 23.9 Å². The normalized spacial score (nSPS) is 54.3. The summed E-state index contributed by atoms with van der Waals surface area (Å²) in [6, 6.07) is 0.401. The zero-order chi connectivity index (χ0) is 14.8. The largest absolute Gasteiger partial charge is 0.394 e. The number of rotatable bonds is 2. The quantitative estimate of drug-likeness (QED) is 0.790. The van der Waals surface area contributed by atoms with Crippen LogP contribution in [0.3, 0.4) is 0 Å². The Hall–Kier alpha value is -0.160. The maximum absolute atomic E-state index is 10.9. The highest BCUT2D eigenvalue weighted by atomic mass is 16.3. The number of nitrogens with zero attached hydrogens (tertiary/aromatic N) is 2. The lowest BCUT2D eigenvalue weighted by Gasteiger charge is -2.35. The average Bonchev–Trinajstić information content (AvgIpc) is 3.15. The third-order valence-electron chi connectivity index (χ3n) is 7.62. The molecule has 0 radical (unpaired) electrons. The molecule has 4 nitrogen and oxygen atoms in total. The van der Waals surface area contributed by atoms with Crippen LogP contribution in [0.4, 0.5) is 0 Å². The molecule has 2 heterocycles. The van der Waals surface area contributed by atoms with Gasteiger partial charge in [-0.1, -0.05) is 0 Å². The van der Waals surface area contributed by atoms with Gasteiger partial charge in [-0.25, -0.2) is 0 Å². The highest BCUT2D eigenvalue weighted by Gasteiger charge is 2.58. The Morgan fingerprint density at radius 2 is 1.90 bits per heavy atom. The standard InChI is InChI=1S/C17H30N2O2/c1-18-5-3-11-8-14(16(21)15(11)18)12-7-13-4-6-19(2)17(13,9-12)10-20/h11-16,20-21H,3-10H2,1-2H3. The van der Waals surface area contributed by atoms with Crippen molar-refractivity contribution in [2.24, 2.45) is 23.7 Å². The minimum Gasteiger partial charge on any atom is -0.394 e. The molecule has 4 heteroatoms. The van der Waals surface area contributed by atoms with Crippen molar-refractivity contribution in [2.45, 2.75) is 49.8 Å². The van der Waals surface area contributed by atoms with E-state index >= 15 is 0 Å². The fraction of sp³-hybridized carbons (Fsp3) is 1.00. The molecule has 4 fully saturated rings. The van der Waals surface area contributed by atoms with Crippen molar-refractivity contribution in [1.29, 1.82) is 0 Å². The van der Waals surface area contributed by atoms with Crippen molar-refractivity contribution in [3.63, 3.8) is 0 Å². The van der Waals surface area contributed by atoms with Crippen LogP contribution in [-0.2, 0) is 0 Å². The van der Waals surface area contributed by atoms with Crippen molar-refractivity contribution in [1.82, 2.24) is 9.80 Å². The summed E-state index contributed by atoms with van der Waals surface area (Å²) in [6.45, 7) is 2.56. The van der Waals surface area contributed by atoms with Crippen LogP contribution in [0, 0.1) is 23.7 Å². The van der Waals surface area contributed by atoms with Crippen LogP contribution in [0.15, 0.2) is 0 Å². The minimum absolute atomic E-state index is 0.0218. The second-order valence-corrected chi connectivity index (χ2v) is 8.28. The van der Waals surface area contributed by atoms with E-state index in [-0.39, 0.29) is 11.6 Å². The molecule has 2 aliphatic heterocycles. The smallest absolute Gasteiger partial charge is 0.0728 e. The van der Waals surface area contributed by atoms with E-state index in [0.717, 1.165) is 19.5 Å². The van der Waals surface area contributed by atoms with Crippen molar-refractivity contribution >= 4 is 0 Å². The monoisotopic (exact) mass is 294 g/mol. The summed E-state index contributed by atoms with van der Waals surface area (Å²) in [6.07, 6.45) is 5.86. The van der Waals surface area contributed by atoms with E-state index in [1.165, 1.54) is 25.7 Å². The number of fused-ring (bicyclic) bond motifs is 2. The molecule has 7 atom stereocenters. The number of likely N-dealkylation sites (tertiary alicyclic amines) is 2. The van der Waals surface area contributed by atoms with Crippen LogP contribution in [0.25, 0.3) is 0 Å². The fourth-order valence-corrected chi connectivity index (χ4v) is 6.42. The topological polar surface area (TPSA) is 46.9 Å². The van der Waals surface area contributed by atoms with E-state index in [0.29, 0.717) is 36.3 Å². The molecule has 4 rings (SSSR count). The minimum atomic E-state index is -0.146. The first-order valence-corrected chi connectivity index (χ1v) is 8.77. The molecule has 2 aliphatic carbocycles. The maximum Gasteiger partial charge on any atom is 0.0728 e. The van der Waals surface area contributed by atoms with Crippen molar-refractivity contribution in [3.05, 3.63) is 0 Å². The Morgan fingerprint density at radius 3 is 2.57 bits per heavy atom. The lowest BCUT2D eigenvalue weighted by Crippen LogP contribution is -2.47. The summed E-state index contributed by atoms with van der Waals surface area (Å²) < 4.78 is 0. The van der Waals surface area contributed by atoms with E-state index < -0.39 is 0 Å². The third kappa shape index (κ3) is 1.89. The molecule has 0 spiro atoms. The van der Waals surface area contributed by atoms with Gasteiger partial charge in [0.05, 0.1) is 12.7 Å². The predicted molar refractivity (Wildman–Crippen MR) is 81.9 cm³/mol. The van der Waals surface area contributed by atoms with E-state index in [1.54, 1.807) is 0 Å². The van der Waals surface area contributed by atoms with Crippen molar-refractivity contribution < 1.29 is 10.2 Å². The Kier molecular flexibility index (Phi) is 3.38. The predicted octanol–water partition coefficient (Wildman–Crippen LogP) is 0.780. The highest BCUT2D eigenvalue weighted by Crippen LogP contribution is 2.55. The van der Waals surface area contributed by atoms with Gasteiger partial charge in [-0.15, -0.1) is 0 Å². The summed E-state index contributed by atoms with van der Waals surface area (Å²) in [5, 5.41) is 20.9. The maximum atomic E-state index is 10.9. The summed E-state index contributed by atoms with van der Waals surface area (Å²) in [7, 11) is 4.34. The van der Waals surface area contributed by atoms with Crippen LogP contribution < -0.4 is 0 Å². The lowest BCUT2D eigenvalue weighted by molar-refractivity contribution is 0.0333. The SMILES string of the molecule is CN1CCC2CC(C3CC4CCN(C)C4(CO)C3)C(O)C21. The average molecular weight is 294 g/mol. The van der Waals surface area contributed by atoms with Crippen molar-refractivity contribution in [2.75, 3.05) is 33.8 Å². The molecule has 7 unspecified atom stereocenters. The molecular formula is C17H30N2O2.